The number of carbonyl (C=O) groups excluding carboxylic acids is 1. The average Bonchev–Trinajstić information content (AvgIpc) is 2.89. The number of H-pyrrole nitrogens is 1. The van der Waals surface area contributed by atoms with Crippen molar-refractivity contribution in [3.05, 3.63) is 29.6 Å². The molecule has 2 N–H and O–H groups in total. The van der Waals surface area contributed by atoms with Gasteiger partial charge >= 0.3 is 0 Å². The quantitative estimate of drug-likeness (QED) is 0.891. The lowest BCUT2D eigenvalue weighted by molar-refractivity contribution is -0.0418. The van der Waals surface area contributed by atoms with Crippen molar-refractivity contribution in [2.75, 3.05) is 19.6 Å². The normalized spacial score (nSPS) is 34.9. The summed E-state index contributed by atoms with van der Waals surface area (Å²) in [7, 11) is 0. The highest BCUT2D eigenvalue weighted by atomic mass is 16.1. The molecule has 4 aliphatic rings. The largest absolute Gasteiger partial charge is 0.349 e. The summed E-state index contributed by atoms with van der Waals surface area (Å²) < 4.78 is 0. The summed E-state index contributed by atoms with van der Waals surface area (Å²) in [5.74, 6) is 3.09. The van der Waals surface area contributed by atoms with Gasteiger partial charge in [-0.05, 0) is 55.7 Å². The minimum absolute atomic E-state index is 0.0617. The van der Waals surface area contributed by atoms with E-state index in [1.165, 1.54) is 19.4 Å². The predicted octanol–water partition coefficient (Wildman–Crippen LogP) is 1.94. The summed E-state index contributed by atoms with van der Waals surface area (Å²) >= 11 is 0. The number of piperidine rings is 3. The summed E-state index contributed by atoms with van der Waals surface area (Å²) in [4.78, 5) is 22.9. The zero-order chi connectivity index (χ0) is 15.6. The van der Waals surface area contributed by atoms with Crippen LogP contribution in [0.1, 0.15) is 29.0 Å². The lowest BCUT2D eigenvalue weighted by Gasteiger charge is -2.55. The van der Waals surface area contributed by atoms with Gasteiger partial charge in [0.05, 0.1) is 11.0 Å². The maximum Gasteiger partial charge on any atom is 0.251 e. The lowest BCUT2D eigenvalue weighted by Crippen LogP contribution is -2.64. The number of carbonyl (C=O) groups is 1. The average molecular weight is 310 g/mol. The van der Waals surface area contributed by atoms with Gasteiger partial charge in [0.1, 0.15) is 5.82 Å². The predicted molar refractivity (Wildman–Crippen MR) is 88.2 cm³/mol. The Bertz CT molecular complexity index is 752. The molecule has 2 atom stereocenters. The lowest BCUT2D eigenvalue weighted by atomic mass is 9.65. The van der Waals surface area contributed by atoms with E-state index >= 15 is 0 Å². The molecule has 5 heteroatoms. The number of aromatic nitrogens is 2. The van der Waals surface area contributed by atoms with Crippen LogP contribution in [0.15, 0.2) is 18.2 Å². The number of hydrogen-bond donors (Lipinski definition) is 2. The van der Waals surface area contributed by atoms with Crippen LogP contribution in [0.2, 0.25) is 0 Å². The van der Waals surface area contributed by atoms with Crippen LogP contribution in [-0.2, 0) is 0 Å². The van der Waals surface area contributed by atoms with Crippen molar-refractivity contribution in [3.8, 4) is 0 Å². The molecule has 2 unspecified atom stereocenters. The monoisotopic (exact) mass is 310 g/mol. The Kier molecular flexibility index (Phi) is 2.83. The van der Waals surface area contributed by atoms with E-state index in [2.05, 4.69) is 20.2 Å². The zero-order valence-electron chi connectivity index (χ0n) is 13.4. The van der Waals surface area contributed by atoms with Gasteiger partial charge in [0.15, 0.2) is 0 Å². The molecule has 4 heterocycles. The Morgan fingerprint density at radius 3 is 2.78 bits per heavy atom. The van der Waals surface area contributed by atoms with Gasteiger partial charge in [-0.15, -0.1) is 0 Å². The highest BCUT2D eigenvalue weighted by Crippen LogP contribution is 2.43. The molecule has 120 valence electrons. The Morgan fingerprint density at radius 2 is 2.04 bits per heavy atom. The highest BCUT2D eigenvalue weighted by Gasteiger charge is 2.47. The van der Waals surface area contributed by atoms with Crippen LogP contribution in [0.25, 0.3) is 11.0 Å². The van der Waals surface area contributed by atoms with Gasteiger partial charge in [-0.2, -0.15) is 0 Å². The molecule has 3 saturated heterocycles. The van der Waals surface area contributed by atoms with Crippen molar-refractivity contribution in [3.63, 3.8) is 0 Å². The minimum Gasteiger partial charge on any atom is -0.349 e. The van der Waals surface area contributed by atoms with E-state index < -0.39 is 0 Å². The molecule has 1 amide bonds. The Labute approximate surface area is 135 Å². The molecule has 1 saturated carbocycles. The molecule has 4 fully saturated rings. The number of imidazole rings is 1. The number of rotatable bonds is 2. The summed E-state index contributed by atoms with van der Waals surface area (Å²) in [5.41, 5.74) is 2.59. The number of benzene rings is 1. The van der Waals surface area contributed by atoms with E-state index in [0.29, 0.717) is 17.9 Å². The maximum absolute atomic E-state index is 12.7. The topological polar surface area (TPSA) is 61.0 Å². The standard InChI is InChI=1S/C18H22N4O/c1-10-19-15-3-2-12(6-16(15)20-10)18(23)21-17-13-4-11-5-14(17)9-22(7-11)8-13/h2-3,6,11,13-14,17H,4-5,7-9H2,1H3,(H,19,20)(H,21,23). The number of nitrogens with one attached hydrogen (secondary N) is 2. The van der Waals surface area contributed by atoms with E-state index in [1.807, 2.05) is 25.1 Å². The van der Waals surface area contributed by atoms with Crippen LogP contribution in [0.4, 0.5) is 0 Å². The van der Waals surface area contributed by atoms with Crippen LogP contribution >= 0.6 is 0 Å². The van der Waals surface area contributed by atoms with Gasteiger partial charge in [-0.3, -0.25) is 4.79 Å². The van der Waals surface area contributed by atoms with E-state index in [4.69, 9.17) is 0 Å². The molecule has 0 spiro atoms. The Hall–Kier alpha value is -1.88. The van der Waals surface area contributed by atoms with Gasteiger partial charge in [-0.1, -0.05) is 0 Å². The molecular formula is C18H22N4O. The number of aromatic amines is 1. The molecule has 1 aromatic heterocycles. The van der Waals surface area contributed by atoms with Crippen molar-refractivity contribution < 1.29 is 4.79 Å². The van der Waals surface area contributed by atoms with E-state index in [1.54, 1.807) is 0 Å². The molecule has 23 heavy (non-hydrogen) atoms. The molecule has 0 radical (unpaired) electrons. The van der Waals surface area contributed by atoms with Crippen molar-refractivity contribution in [2.24, 2.45) is 17.8 Å². The number of aryl methyl sites for hydroxylation is 1. The summed E-state index contributed by atoms with van der Waals surface area (Å²) in [5, 5.41) is 3.35. The van der Waals surface area contributed by atoms with Crippen LogP contribution in [-0.4, -0.2) is 46.5 Å². The third-order valence-electron chi connectivity index (χ3n) is 5.95. The third-order valence-corrected chi connectivity index (χ3v) is 5.95. The first-order valence-electron chi connectivity index (χ1n) is 8.65. The van der Waals surface area contributed by atoms with E-state index in [9.17, 15) is 4.79 Å². The smallest absolute Gasteiger partial charge is 0.251 e. The SMILES string of the molecule is Cc1nc2ccc(C(=O)NC3C4CC5CC3CN(C5)C4)cc2[nH]1. The van der Waals surface area contributed by atoms with Crippen LogP contribution in [0.3, 0.4) is 0 Å². The van der Waals surface area contributed by atoms with Gasteiger partial charge < -0.3 is 15.2 Å². The van der Waals surface area contributed by atoms with Crippen LogP contribution < -0.4 is 5.32 Å². The fourth-order valence-corrected chi connectivity index (χ4v) is 5.16. The van der Waals surface area contributed by atoms with Gasteiger partial charge in [0, 0.05) is 31.2 Å². The number of amides is 1. The number of nitrogens with zero attached hydrogens (tertiary/aromatic N) is 2. The minimum atomic E-state index is 0.0617. The van der Waals surface area contributed by atoms with Gasteiger partial charge in [0.2, 0.25) is 0 Å². The first-order chi connectivity index (χ1) is 11.2. The molecular weight excluding hydrogens is 288 g/mol. The van der Waals surface area contributed by atoms with Crippen molar-refractivity contribution in [1.29, 1.82) is 0 Å². The van der Waals surface area contributed by atoms with Crippen molar-refractivity contribution in [2.45, 2.75) is 25.8 Å². The molecule has 6 rings (SSSR count). The molecule has 4 bridgehead atoms. The second-order valence-electron chi connectivity index (χ2n) is 7.63. The van der Waals surface area contributed by atoms with Crippen molar-refractivity contribution >= 4 is 16.9 Å². The van der Waals surface area contributed by atoms with E-state index in [-0.39, 0.29) is 5.91 Å². The summed E-state index contributed by atoms with van der Waals surface area (Å²) in [6, 6.07) is 6.09. The fraction of sp³-hybridized carbons (Fsp3) is 0.556. The summed E-state index contributed by atoms with van der Waals surface area (Å²) in [6.45, 7) is 5.54. The molecule has 1 aliphatic carbocycles. The fourth-order valence-electron chi connectivity index (χ4n) is 5.16. The third kappa shape index (κ3) is 2.17. The number of fused-ring (bicyclic) bond motifs is 1. The summed E-state index contributed by atoms with van der Waals surface area (Å²) in [6.07, 6.45) is 2.58. The Balaban J connectivity index is 1.38. The van der Waals surface area contributed by atoms with Crippen LogP contribution in [0.5, 0.6) is 0 Å². The van der Waals surface area contributed by atoms with E-state index in [0.717, 1.165) is 41.4 Å². The van der Waals surface area contributed by atoms with Crippen LogP contribution in [0, 0.1) is 24.7 Å². The zero-order valence-corrected chi connectivity index (χ0v) is 13.4. The molecule has 3 aliphatic heterocycles. The highest BCUT2D eigenvalue weighted by molar-refractivity contribution is 5.97. The molecule has 2 aromatic rings. The van der Waals surface area contributed by atoms with Crippen molar-refractivity contribution in [1.82, 2.24) is 20.2 Å². The Morgan fingerprint density at radius 1 is 1.26 bits per heavy atom. The first-order valence-corrected chi connectivity index (χ1v) is 8.65. The molecule has 1 aromatic carbocycles. The maximum atomic E-state index is 12.7. The van der Waals surface area contributed by atoms with Gasteiger partial charge in [-0.25, -0.2) is 4.98 Å². The number of hydrogen-bond acceptors (Lipinski definition) is 3. The van der Waals surface area contributed by atoms with Gasteiger partial charge in [0.25, 0.3) is 5.91 Å². The molecule has 5 nitrogen and oxygen atoms in total. The first kappa shape index (κ1) is 13.5. The second-order valence-corrected chi connectivity index (χ2v) is 7.63. The second kappa shape index (κ2) is 4.81.